The summed E-state index contributed by atoms with van der Waals surface area (Å²) in [6.45, 7) is 0.354. The van der Waals surface area contributed by atoms with Gasteiger partial charge in [-0.25, -0.2) is 0 Å². The third-order valence-electron chi connectivity index (χ3n) is 2.02. The standard InChI is InChI=1S/C11H15NO3/c1-12-9(7-11(13)14)8-15-10-5-3-2-4-6-10/h2-6,9,12H,7-8H2,1H3,(H,13,14). The summed E-state index contributed by atoms with van der Waals surface area (Å²) in [4.78, 5) is 10.5. The van der Waals surface area contributed by atoms with Gasteiger partial charge in [0.15, 0.2) is 0 Å². The zero-order valence-corrected chi connectivity index (χ0v) is 8.64. The van der Waals surface area contributed by atoms with Crippen molar-refractivity contribution in [3.05, 3.63) is 30.3 Å². The van der Waals surface area contributed by atoms with Crippen molar-refractivity contribution in [1.29, 1.82) is 0 Å². The number of carbonyl (C=O) groups is 1. The van der Waals surface area contributed by atoms with Crippen LogP contribution in [0.3, 0.4) is 0 Å². The molecule has 0 heterocycles. The Morgan fingerprint density at radius 1 is 1.47 bits per heavy atom. The van der Waals surface area contributed by atoms with E-state index in [1.54, 1.807) is 7.05 Å². The Bertz CT molecular complexity index is 300. The molecule has 0 amide bonds. The van der Waals surface area contributed by atoms with Crippen LogP contribution in [-0.2, 0) is 4.79 Å². The Kier molecular flexibility index (Phi) is 4.63. The summed E-state index contributed by atoms with van der Waals surface area (Å²) in [5.74, 6) is -0.0749. The number of hydrogen-bond donors (Lipinski definition) is 2. The van der Waals surface area contributed by atoms with Crippen LogP contribution in [0.5, 0.6) is 5.75 Å². The predicted molar refractivity (Wildman–Crippen MR) is 57.0 cm³/mol. The van der Waals surface area contributed by atoms with Gasteiger partial charge in [-0.05, 0) is 19.2 Å². The van der Waals surface area contributed by atoms with Crippen molar-refractivity contribution >= 4 is 5.97 Å². The van der Waals surface area contributed by atoms with Gasteiger partial charge in [-0.1, -0.05) is 18.2 Å². The number of carboxylic acid groups (broad SMARTS) is 1. The fourth-order valence-electron chi connectivity index (χ4n) is 1.17. The summed E-state index contributed by atoms with van der Waals surface area (Å²) in [5, 5.41) is 11.5. The Labute approximate surface area is 88.9 Å². The van der Waals surface area contributed by atoms with E-state index in [0.29, 0.717) is 6.61 Å². The van der Waals surface area contributed by atoms with Crippen LogP contribution in [0.2, 0.25) is 0 Å². The van der Waals surface area contributed by atoms with Crippen LogP contribution in [-0.4, -0.2) is 30.8 Å². The van der Waals surface area contributed by atoms with Crippen molar-refractivity contribution < 1.29 is 14.6 Å². The number of rotatable bonds is 6. The van der Waals surface area contributed by atoms with Crippen molar-refractivity contribution in [2.45, 2.75) is 12.5 Å². The Morgan fingerprint density at radius 3 is 2.67 bits per heavy atom. The highest BCUT2D eigenvalue weighted by molar-refractivity contribution is 5.67. The van der Waals surface area contributed by atoms with Gasteiger partial charge in [0, 0.05) is 0 Å². The molecule has 0 fully saturated rings. The van der Waals surface area contributed by atoms with E-state index in [9.17, 15) is 4.79 Å². The molecule has 1 aromatic rings. The first kappa shape index (κ1) is 11.5. The fraction of sp³-hybridized carbons (Fsp3) is 0.364. The van der Waals surface area contributed by atoms with Crippen molar-refractivity contribution in [2.75, 3.05) is 13.7 Å². The Hall–Kier alpha value is -1.55. The predicted octanol–water partition coefficient (Wildman–Crippen LogP) is 1.13. The molecule has 1 atom stereocenters. The topological polar surface area (TPSA) is 58.6 Å². The molecular weight excluding hydrogens is 194 g/mol. The molecule has 15 heavy (non-hydrogen) atoms. The number of likely N-dealkylation sites (N-methyl/N-ethyl adjacent to an activating group) is 1. The monoisotopic (exact) mass is 209 g/mol. The van der Waals surface area contributed by atoms with Crippen molar-refractivity contribution in [3.63, 3.8) is 0 Å². The SMILES string of the molecule is CNC(COc1ccccc1)CC(=O)O. The molecular formula is C11H15NO3. The molecule has 1 unspecified atom stereocenters. The molecule has 0 saturated heterocycles. The normalized spacial score (nSPS) is 12.1. The molecule has 0 aliphatic carbocycles. The van der Waals surface area contributed by atoms with Crippen molar-refractivity contribution in [2.24, 2.45) is 0 Å². The minimum absolute atomic E-state index is 0.0589. The van der Waals surface area contributed by atoms with E-state index in [1.165, 1.54) is 0 Å². The first-order chi connectivity index (χ1) is 7.22. The van der Waals surface area contributed by atoms with Gasteiger partial charge in [-0.2, -0.15) is 0 Å². The highest BCUT2D eigenvalue weighted by Crippen LogP contribution is 2.08. The molecule has 0 saturated carbocycles. The number of benzene rings is 1. The van der Waals surface area contributed by atoms with Gasteiger partial charge in [0.25, 0.3) is 0 Å². The van der Waals surface area contributed by atoms with Gasteiger partial charge in [-0.3, -0.25) is 4.79 Å². The highest BCUT2D eigenvalue weighted by Gasteiger charge is 2.11. The summed E-state index contributed by atoms with van der Waals surface area (Å²) in [6, 6.07) is 9.17. The first-order valence-electron chi connectivity index (χ1n) is 4.79. The highest BCUT2D eigenvalue weighted by atomic mass is 16.5. The second-order valence-corrected chi connectivity index (χ2v) is 3.21. The minimum atomic E-state index is -0.828. The third-order valence-corrected chi connectivity index (χ3v) is 2.02. The lowest BCUT2D eigenvalue weighted by atomic mass is 10.2. The fourth-order valence-corrected chi connectivity index (χ4v) is 1.17. The quantitative estimate of drug-likeness (QED) is 0.737. The molecule has 0 aromatic heterocycles. The van der Waals surface area contributed by atoms with Crippen LogP contribution in [0.4, 0.5) is 0 Å². The molecule has 0 radical (unpaired) electrons. The van der Waals surface area contributed by atoms with Crippen molar-refractivity contribution in [1.82, 2.24) is 5.32 Å². The maximum Gasteiger partial charge on any atom is 0.305 e. The number of carboxylic acids is 1. The van der Waals surface area contributed by atoms with Gasteiger partial charge < -0.3 is 15.2 Å². The molecule has 1 rings (SSSR count). The first-order valence-corrected chi connectivity index (χ1v) is 4.79. The van der Waals surface area contributed by atoms with E-state index in [1.807, 2.05) is 30.3 Å². The maximum absolute atomic E-state index is 10.5. The van der Waals surface area contributed by atoms with E-state index in [0.717, 1.165) is 5.75 Å². The zero-order chi connectivity index (χ0) is 11.1. The second-order valence-electron chi connectivity index (χ2n) is 3.21. The summed E-state index contributed by atoms with van der Waals surface area (Å²) in [7, 11) is 1.72. The van der Waals surface area contributed by atoms with Crippen LogP contribution >= 0.6 is 0 Å². The molecule has 4 nitrogen and oxygen atoms in total. The number of nitrogens with one attached hydrogen (secondary N) is 1. The van der Waals surface area contributed by atoms with E-state index < -0.39 is 5.97 Å². The molecule has 0 spiro atoms. The zero-order valence-electron chi connectivity index (χ0n) is 8.64. The van der Waals surface area contributed by atoms with Crippen molar-refractivity contribution in [3.8, 4) is 5.75 Å². The van der Waals surface area contributed by atoms with Crippen LogP contribution in [0, 0.1) is 0 Å². The molecule has 0 bridgehead atoms. The number of ether oxygens (including phenoxy) is 1. The largest absolute Gasteiger partial charge is 0.492 e. The molecule has 82 valence electrons. The van der Waals surface area contributed by atoms with E-state index >= 15 is 0 Å². The lowest BCUT2D eigenvalue weighted by Crippen LogP contribution is -2.33. The van der Waals surface area contributed by atoms with Gasteiger partial charge >= 0.3 is 5.97 Å². The average molecular weight is 209 g/mol. The average Bonchev–Trinajstić information content (AvgIpc) is 2.25. The lowest BCUT2D eigenvalue weighted by molar-refractivity contribution is -0.137. The molecule has 2 N–H and O–H groups in total. The smallest absolute Gasteiger partial charge is 0.305 e. The van der Waals surface area contributed by atoms with Gasteiger partial charge in [-0.15, -0.1) is 0 Å². The lowest BCUT2D eigenvalue weighted by Gasteiger charge is -2.14. The van der Waals surface area contributed by atoms with E-state index in [2.05, 4.69) is 5.32 Å². The molecule has 0 aliphatic heterocycles. The second kappa shape index (κ2) is 6.03. The van der Waals surface area contributed by atoms with Gasteiger partial charge in [0.2, 0.25) is 0 Å². The number of hydrogen-bond acceptors (Lipinski definition) is 3. The van der Waals surface area contributed by atoms with Crippen LogP contribution in [0.1, 0.15) is 6.42 Å². The Morgan fingerprint density at radius 2 is 2.13 bits per heavy atom. The molecule has 0 aliphatic rings. The number of para-hydroxylation sites is 1. The molecule has 1 aromatic carbocycles. The van der Waals surface area contributed by atoms with E-state index in [-0.39, 0.29) is 12.5 Å². The Balaban J connectivity index is 2.37. The molecule has 4 heteroatoms. The number of aliphatic carboxylic acids is 1. The summed E-state index contributed by atoms with van der Waals surface area (Å²) < 4.78 is 5.43. The third kappa shape index (κ3) is 4.46. The van der Waals surface area contributed by atoms with Crippen LogP contribution in [0.25, 0.3) is 0 Å². The summed E-state index contributed by atoms with van der Waals surface area (Å²) >= 11 is 0. The minimum Gasteiger partial charge on any atom is -0.492 e. The van der Waals surface area contributed by atoms with Gasteiger partial charge in [0.1, 0.15) is 12.4 Å². The van der Waals surface area contributed by atoms with Crippen LogP contribution < -0.4 is 10.1 Å². The summed E-state index contributed by atoms with van der Waals surface area (Å²) in [5.41, 5.74) is 0. The summed E-state index contributed by atoms with van der Waals surface area (Å²) in [6.07, 6.45) is 0.0589. The maximum atomic E-state index is 10.5. The van der Waals surface area contributed by atoms with Crippen LogP contribution in [0.15, 0.2) is 30.3 Å². The van der Waals surface area contributed by atoms with E-state index in [4.69, 9.17) is 9.84 Å². The van der Waals surface area contributed by atoms with Gasteiger partial charge in [0.05, 0.1) is 12.5 Å².